The lowest BCUT2D eigenvalue weighted by atomic mass is 9.83. The second-order valence-electron chi connectivity index (χ2n) is 5.04. The van der Waals surface area contributed by atoms with Crippen LogP contribution in [0.25, 0.3) is 0 Å². The van der Waals surface area contributed by atoms with E-state index in [1.807, 2.05) is 0 Å². The normalized spacial score (nSPS) is 23.7. The average molecular weight is 272 g/mol. The van der Waals surface area contributed by atoms with Crippen molar-refractivity contribution in [2.45, 2.75) is 37.6 Å². The molecule has 0 unspecified atom stereocenters. The first kappa shape index (κ1) is 13.3. The molecule has 0 bridgehead atoms. The topological polar surface area (TPSA) is 72.2 Å². The van der Waals surface area contributed by atoms with Crippen molar-refractivity contribution in [3.05, 3.63) is 23.5 Å². The van der Waals surface area contributed by atoms with Crippen LogP contribution in [0.5, 0.6) is 0 Å². The summed E-state index contributed by atoms with van der Waals surface area (Å²) in [4.78, 5) is 0.0263. The summed E-state index contributed by atoms with van der Waals surface area (Å²) in [6.45, 7) is 3.57. The second kappa shape index (κ2) is 4.51. The maximum atomic E-state index is 13.3. The SMILES string of the molecule is Cc1cc(S(=O)(=O)NC2CC(C)C2)cc(N)c1F. The van der Waals surface area contributed by atoms with Crippen molar-refractivity contribution in [1.29, 1.82) is 0 Å². The zero-order valence-electron chi connectivity index (χ0n) is 10.4. The third kappa shape index (κ3) is 2.49. The monoisotopic (exact) mass is 272 g/mol. The number of nitrogen functional groups attached to an aromatic ring is 1. The van der Waals surface area contributed by atoms with Crippen LogP contribution in [-0.4, -0.2) is 14.5 Å². The van der Waals surface area contributed by atoms with Gasteiger partial charge >= 0.3 is 0 Å². The van der Waals surface area contributed by atoms with Gasteiger partial charge < -0.3 is 5.73 Å². The predicted molar refractivity (Wildman–Crippen MR) is 68.1 cm³/mol. The number of hydrogen-bond donors (Lipinski definition) is 2. The molecule has 3 N–H and O–H groups in total. The molecule has 1 aliphatic rings. The Kier molecular flexibility index (Phi) is 3.33. The summed E-state index contributed by atoms with van der Waals surface area (Å²) in [5, 5.41) is 0. The van der Waals surface area contributed by atoms with Gasteiger partial charge in [0.05, 0.1) is 10.6 Å². The molecule has 0 radical (unpaired) electrons. The highest BCUT2D eigenvalue weighted by Gasteiger charge is 2.30. The first-order chi connectivity index (χ1) is 8.29. The van der Waals surface area contributed by atoms with Gasteiger partial charge in [0.2, 0.25) is 10.0 Å². The van der Waals surface area contributed by atoms with Crippen molar-refractivity contribution in [3.8, 4) is 0 Å². The summed E-state index contributed by atoms with van der Waals surface area (Å²) in [7, 11) is -3.60. The molecular weight excluding hydrogens is 255 g/mol. The molecular formula is C12H17FN2O2S. The highest BCUT2D eigenvalue weighted by atomic mass is 32.2. The number of sulfonamides is 1. The zero-order valence-corrected chi connectivity index (χ0v) is 11.2. The summed E-state index contributed by atoms with van der Waals surface area (Å²) < 4.78 is 40.1. The van der Waals surface area contributed by atoms with E-state index < -0.39 is 15.8 Å². The van der Waals surface area contributed by atoms with Crippen LogP contribution in [0.1, 0.15) is 25.3 Å². The molecule has 0 aromatic heterocycles. The molecule has 18 heavy (non-hydrogen) atoms. The third-order valence-electron chi connectivity index (χ3n) is 3.26. The number of rotatable bonds is 3. The standard InChI is InChI=1S/C12H17FN2O2S/c1-7-3-9(4-7)15-18(16,17)10-5-8(2)12(13)11(14)6-10/h5-7,9,15H,3-4,14H2,1-2H3. The van der Waals surface area contributed by atoms with Crippen LogP contribution in [-0.2, 0) is 10.0 Å². The van der Waals surface area contributed by atoms with Crippen molar-refractivity contribution < 1.29 is 12.8 Å². The predicted octanol–water partition coefficient (Wildman–Crippen LogP) is 1.79. The first-order valence-electron chi connectivity index (χ1n) is 5.87. The number of halogens is 1. The molecule has 1 saturated carbocycles. The smallest absolute Gasteiger partial charge is 0.240 e. The fourth-order valence-electron chi connectivity index (χ4n) is 2.20. The minimum atomic E-state index is -3.60. The maximum absolute atomic E-state index is 13.3. The van der Waals surface area contributed by atoms with Gasteiger partial charge in [0.1, 0.15) is 5.82 Å². The molecule has 1 fully saturated rings. The first-order valence-corrected chi connectivity index (χ1v) is 7.36. The van der Waals surface area contributed by atoms with Gasteiger partial charge in [-0.05, 0) is 43.4 Å². The Morgan fingerprint density at radius 3 is 2.50 bits per heavy atom. The van der Waals surface area contributed by atoms with E-state index in [1.54, 1.807) is 0 Å². The summed E-state index contributed by atoms with van der Waals surface area (Å²) in [6, 6.07) is 2.44. The van der Waals surface area contributed by atoms with Gasteiger partial charge in [-0.3, -0.25) is 0 Å². The molecule has 2 rings (SSSR count). The number of nitrogens with one attached hydrogen (secondary N) is 1. The average Bonchev–Trinajstić information content (AvgIpc) is 2.22. The Labute approximate surface area is 106 Å². The number of aryl methyl sites for hydroxylation is 1. The van der Waals surface area contributed by atoms with Gasteiger partial charge in [-0.25, -0.2) is 17.5 Å². The zero-order chi connectivity index (χ0) is 13.5. The van der Waals surface area contributed by atoms with Crippen LogP contribution in [0, 0.1) is 18.7 Å². The van der Waals surface area contributed by atoms with Gasteiger partial charge in [-0.1, -0.05) is 6.92 Å². The van der Waals surface area contributed by atoms with Crippen molar-refractivity contribution >= 4 is 15.7 Å². The fraction of sp³-hybridized carbons (Fsp3) is 0.500. The molecule has 1 aliphatic carbocycles. The summed E-state index contributed by atoms with van der Waals surface area (Å²) in [5.41, 5.74) is 5.54. The van der Waals surface area contributed by atoms with E-state index >= 15 is 0 Å². The Bertz CT molecular complexity index is 542. The molecule has 1 aromatic carbocycles. The van der Waals surface area contributed by atoms with Crippen LogP contribution in [0.15, 0.2) is 17.0 Å². The summed E-state index contributed by atoms with van der Waals surface area (Å²) in [5.74, 6) is -0.0102. The van der Waals surface area contributed by atoms with Crippen molar-refractivity contribution in [2.24, 2.45) is 5.92 Å². The third-order valence-corrected chi connectivity index (χ3v) is 4.76. The maximum Gasteiger partial charge on any atom is 0.240 e. The number of hydrogen-bond acceptors (Lipinski definition) is 3. The lowest BCUT2D eigenvalue weighted by Crippen LogP contribution is -2.43. The Morgan fingerprint density at radius 2 is 2.00 bits per heavy atom. The molecule has 0 aliphatic heterocycles. The molecule has 100 valence electrons. The molecule has 0 spiro atoms. The molecule has 0 atom stereocenters. The number of nitrogens with two attached hydrogens (primary N) is 1. The van der Waals surface area contributed by atoms with E-state index in [0.29, 0.717) is 5.92 Å². The molecule has 4 nitrogen and oxygen atoms in total. The van der Waals surface area contributed by atoms with Gasteiger partial charge in [0.25, 0.3) is 0 Å². The quantitative estimate of drug-likeness (QED) is 0.824. The van der Waals surface area contributed by atoms with Gasteiger partial charge in [0.15, 0.2) is 0 Å². The molecule has 1 aromatic rings. The second-order valence-corrected chi connectivity index (χ2v) is 6.75. The lowest BCUT2D eigenvalue weighted by Gasteiger charge is -2.32. The van der Waals surface area contributed by atoms with E-state index in [0.717, 1.165) is 18.9 Å². The highest BCUT2D eigenvalue weighted by Crippen LogP contribution is 2.28. The molecule has 6 heteroatoms. The highest BCUT2D eigenvalue weighted by molar-refractivity contribution is 7.89. The Hall–Kier alpha value is -1.14. The number of benzene rings is 1. The van der Waals surface area contributed by atoms with E-state index in [1.165, 1.54) is 13.0 Å². The molecule has 0 saturated heterocycles. The summed E-state index contributed by atoms with van der Waals surface area (Å²) >= 11 is 0. The van der Waals surface area contributed by atoms with E-state index in [9.17, 15) is 12.8 Å². The molecule has 0 heterocycles. The Morgan fingerprint density at radius 1 is 1.39 bits per heavy atom. The molecule has 0 amide bonds. The van der Waals surface area contributed by atoms with Crippen LogP contribution < -0.4 is 10.5 Å². The largest absolute Gasteiger partial charge is 0.396 e. The van der Waals surface area contributed by atoms with Gasteiger partial charge in [-0.15, -0.1) is 0 Å². The van der Waals surface area contributed by atoms with E-state index in [4.69, 9.17) is 5.73 Å². The minimum absolute atomic E-state index is 0.0171. The van der Waals surface area contributed by atoms with Gasteiger partial charge in [0, 0.05) is 6.04 Å². The van der Waals surface area contributed by atoms with Crippen LogP contribution in [0.4, 0.5) is 10.1 Å². The Balaban J connectivity index is 2.24. The van der Waals surface area contributed by atoms with Gasteiger partial charge in [-0.2, -0.15) is 0 Å². The fourth-order valence-corrected chi connectivity index (χ4v) is 3.59. The van der Waals surface area contributed by atoms with Crippen molar-refractivity contribution in [2.75, 3.05) is 5.73 Å². The lowest BCUT2D eigenvalue weighted by molar-refractivity contribution is 0.270. The van der Waals surface area contributed by atoms with Crippen molar-refractivity contribution in [3.63, 3.8) is 0 Å². The number of anilines is 1. The van der Waals surface area contributed by atoms with Crippen LogP contribution in [0.2, 0.25) is 0 Å². The minimum Gasteiger partial charge on any atom is -0.396 e. The van der Waals surface area contributed by atoms with Crippen LogP contribution >= 0.6 is 0 Å². The van der Waals surface area contributed by atoms with E-state index in [2.05, 4.69) is 11.6 Å². The van der Waals surface area contributed by atoms with Crippen molar-refractivity contribution in [1.82, 2.24) is 4.72 Å². The van der Waals surface area contributed by atoms with Crippen LogP contribution in [0.3, 0.4) is 0 Å². The van der Waals surface area contributed by atoms with E-state index in [-0.39, 0.29) is 22.2 Å². The summed E-state index contributed by atoms with van der Waals surface area (Å²) in [6.07, 6.45) is 1.68.